The molecule has 1 aromatic heterocycles. The maximum Gasteiger partial charge on any atom is 0.339 e. The molecule has 0 amide bonds. The Morgan fingerprint density at radius 1 is 1.30 bits per heavy atom. The third-order valence-corrected chi connectivity index (χ3v) is 2.76. The van der Waals surface area contributed by atoms with Crippen LogP contribution >= 0.6 is 0 Å². The van der Waals surface area contributed by atoms with Gasteiger partial charge >= 0.3 is 5.97 Å². The van der Waals surface area contributed by atoms with Crippen LogP contribution in [-0.2, 0) is 0 Å². The molecule has 2 rings (SSSR count). The highest BCUT2D eigenvalue weighted by Gasteiger charge is 2.19. The number of aromatic carboxylic acids is 1. The molecule has 0 spiro atoms. The van der Waals surface area contributed by atoms with E-state index in [2.05, 4.69) is 4.98 Å². The molecule has 0 aliphatic rings. The topological polar surface area (TPSA) is 53.4 Å². The fourth-order valence-corrected chi connectivity index (χ4v) is 1.90. The van der Waals surface area contributed by atoms with Crippen molar-refractivity contribution in [2.75, 3.05) is 11.4 Å². The number of carboxylic acid groups (broad SMARTS) is 1. The van der Waals surface area contributed by atoms with Gasteiger partial charge in [-0.15, -0.1) is 0 Å². The van der Waals surface area contributed by atoms with E-state index in [0.29, 0.717) is 12.2 Å². The summed E-state index contributed by atoms with van der Waals surface area (Å²) in [7, 11) is 0. The molecule has 0 saturated heterocycles. The number of hydrogen-bond donors (Lipinski definition) is 1. The van der Waals surface area contributed by atoms with E-state index in [1.54, 1.807) is 13.0 Å². The fourth-order valence-electron chi connectivity index (χ4n) is 1.90. The van der Waals surface area contributed by atoms with Crippen LogP contribution in [0.5, 0.6) is 0 Å². The van der Waals surface area contributed by atoms with Crippen LogP contribution in [0.2, 0.25) is 0 Å². The second-order valence-corrected chi connectivity index (χ2v) is 4.05. The van der Waals surface area contributed by atoms with Gasteiger partial charge in [0.1, 0.15) is 23.0 Å². The molecule has 0 saturated carbocycles. The Bertz CT molecular complexity index is 647. The molecule has 4 nitrogen and oxygen atoms in total. The van der Waals surface area contributed by atoms with Gasteiger partial charge in [-0.3, -0.25) is 0 Å². The Kier molecular flexibility index (Phi) is 3.93. The second-order valence-electron chi connectivity index (χ2n) is 4.05. The number of pyridine rings is 1. The van der Waals surface area contributed by atoms with Crippen LogP contribution in [0, 0.1) is 11.6 Å². The van der Waals surface area contributed by atoms with Crippen LogP contribution < -0.4 is 4.90 Å². The van der Waals surface area contributed by atoms with Gasteiger partial charge in [0.25, 0.3) is 0 Å². The first-order valence-corrected chi connectivity index (χ1v) is 5.95. The highest BCUT2D eigenvalue weighted by atomic mass is 19.1. The molecule has 20 heavy (non-hydrogen) atoms. The number of aromatic nitrogens is 1. The molecule has 6 heteroatoms. The number of rotatable bonds is 4. The molecule has 104 valence electrons. The highest BCUT2D eigenvalue weighted by molar-refractivity contribution is 5.94. The summed E-state index contributed by atoms with van der Waals surface area (Å²) in [5.41, 5.74) is 0.185. The average molecular weight is 278 g/mol. The zero-order valence-electron chi connectivity index (χ0n) is 10.7. The number of hydrogen-bond acceptors (Lipinski definition) is 3. The van der Waals surface area contributed by atoms with E-state index in [1.807, 2.05) is 0 Å². The lowest BCUT2D eigenvalue weighted by Crippen LogP contribution is -2.21. The minimum Gasteiger partial charge on any atom is -0.478 e. The Hall–Kier alpha value is -2.50. The third-order valence-electron chi connectivity index (χ3n) is 2.76. The van der Waals surface area contributed by atoms with Crippen molar-refractivity contribution in [3.63, 3.8) is 0 Å². The normalized spacial score (nSPS) is 10.3. The summed E-state index contributed by atoms with van der Waals surface area (Å²) in [4.78, 5) is 16.5. The van der Waals surface area contributed by atoms with Crippen molar-refractivity contribution < 1.29 is 18.7 Å². The lowest BCUT2D eigenvalue weighted by molar-refractivity contribution is 0.0696. The summed E-state index contributed by atoms with van der Waals surface area (Å²) in [5, 5.41) is 9.13. The molecule has 2 aromatic rings. The molecule has 0 radical (unpaired) electrons. The first-order valence-electron chi connectivity index (χ1n) is 5.95. The van der Waals surface area contributed by atoms with Gasteiger partial charge in [-0.05, 0) is 31.2 Å². The van der Waals surface area contributed by atoms with Crippen molar-refractivity contribution in [3.8, 4) is 0 Å². The molecule has 1 aromatic carbocycles. The van der Waals surface area contributed by atoms with Gasteiger partial charge in [-0.2, -0.15) is 0 Å². The smallest absolute Gasteiger partial charge is 0.339 e. The molecule has 0 bridgehead atoms. The number of nitrogens with zero attached hydrogens (tertiary/aromatic N) is 2. The summed E-state index contributed by atoms with van der Waals surface area (Å²) in [6.07, 6.45) is 0.934. The third kappa shape index (κ3) is 2.74. The standard InChI is InChI=1S/C14H12F2N2O2/c1-2-18(11-5-3-4-9(15)6-11)13-12(14(19)20)7-10(16)8-17-13/h3-8H,2H2,1H3,(H,19,20). The predicted octanol–water partition coefficient (Wildman–Crippen LogP) is 3.22. The van der Waals surface area contributed by atoms with Gasteiger partial charge in [-0.1, -0.05) is 6.07 Å². The Labute approximate surface area is 114 Å². The van der Waals surface area contributed by atoms with Crippen LogP contribution in [0.15, 0.2) is 36.5 Å². The van der Waals surface area contributed by atoms with Crippen LogP contribution in [0.25, 0.3) is 0 Å². The monoisotopic (exact) mass is 278 g/mol. The van der Waals surface area contributed by atoms with Gasteiger partial charge in [0.05, 0.1) is 6.20 Å². The van der Waals surface area contributed by atoms with E-state index in [1.165, 1.54) is 23.1 Å². The highest BCUT2D eigenvalue weighted by Crippen LogP contribution is 2.27. The van der Waals surface area contributed by atoms with Crippen LogP contribution in [0.1, 0.15) is 17.3 Å². The minimum absolute atomic E-state index is 0.0759. The van der Waals surface area contributed by atoms with Gasteiger partial charge in [0, 0.05) is 12.2 Å². The number of carbonyl (C=O) groups is 1. The van der Waals surface area contributed by atoms with Gasteiger partial charge in [0.2, 0.25) is 0 Å². The Morgan fingerprint density at radius 3 is 2.65 bits per heavy atom. The Balaban J connectivity index is 2.55. The molecule has 0 atom stereocenters. The van der Waals surface area contributed by atoms with E-state index >= 15 is 0 Å². The zero-order valence-corrected chi connectivity index (χ0v) is 10.7. The predicted molar refractivity (Wildman–Crippen MR) is 70.2 cm³/mol. The summed E-state index contributed by atoms with van der Waals surface area (Å²) in [5.74, 6) is -2.39. The van der Waals surface area contributed by atoms with E-state index < -0.39 is 17.6 Å². The van der Waals surface area contributed by atoms with Crippen molar-refractivity contribution in [2.24, 2.45) is 0 Å². The lowest BCUT2D eigenvalue weighted by atomic mass is 10.2. The lowest BCUT2D eigenvalue weighted by Gasteiger charge is -2.23. The van der Waals surface area contributed by atoms with E-state index in [0.717, 1.165) is 12.3 Å². The molecule has 0 unspecified atom stereocenters. The first kappa shape index (κ1) is 13.9. The number of carboxylic acids is 1. The second kappa shape index (κ2) is 5.64. The van der Waals surface area contributed by atoms with Gasteiger partial charge in [0.15, 0.2) is 0 Å². The maximum atomic E-state index is 13.3. The SMILES string of the molecule is CCN(c1cccc(F)c1)c1ncc(F)cc1C(=O)O. The van der Waals surface area contributed by atoms with Crippen molar-refractivity contribution in [3.05, 3.63) is 53.7 Å². The summed E-state index contributed by atoms with van der Waals surface area (Å²) in [6, 6.07) is 6.58. The molecular weight excluding hydrogens is 266 g/mol. The van der Waals surface area contributed by atoms with Crippen molar-refractivity contribution in [1.82, 2.24) is 4.98 Å². The first-order chi connectivity index (χ1) is 9.52. The summed E-state index contributed by atoms with van der Waals surface area (Å²) >= 11 is 0. The van der Waals surface area contributed by atoms with E-state index in [9.17, 15) is 13.6 Å². The van der Waals surface area contributed by atoms with Crippen LogP contribution in [0.4, 0.5) is 20.3 Å². The molecule has 1 N–H and O–H groups in total. The number of benzene rings is 1. The zero-order chi connectivity index (χ0) is 14.7. The van der Waals surface area contributed by atoms with Crippen LogP contribution in [-0.4, -0.2) is 22.6 Å². The number of halogens is 2. The van der Waals surface area contributed by atoms with Crippen molar-refractivity contribution in [2.45, 2.75) is 6.92 Å². The maximum absolute atomic E-state index is 13.3. The summed E-state index contributed by atoms with van der Waals surface area (Å²) < 4.78 is 26.4. The summed E-state index contributed by atoms with van der Waals surface area (Å²) in [6.45, 7) is 2.13. The van der Waals surface area contributed by atoms with E-state index in [-0.39, 0.29) is 11.4 Å². The fraction of sp³-hybridized carbons (Fsp3) is 0.143. The van der Waals surface area contributed by atoms with E-state index in [4.69, 9.17) is 5.11 Å². The van der Waals surface area contributed by atoms with Crippen molar-refractivity contribution >= 4 is 17.5 Å². The largest absolute Gasteiger partial charge is 0.478 e. The quantitative estimate of drug-likeness (QED) is 0.933. The Morgan fingerprint density at radius 2 is 2.05 bits per heavy atom. The molecule has 0 fully saturated rings. The van der Waals surface area contributed by atoms with Gasteiger partial charge < -0.3 is 10.0 Å². The number of anilines is 2. The van der Waals surface area contributed by atoms with Gasteiger partial charge in [-0.25, -0.2) is 18.6 Å². The molecule has 0 aliphatic carbocycles. The van der Waals surface area contributed by atoms with Crippen LogP contribution in [0.3, 0.4) is 0 Å². The minimum atomic E-state index is -1.29. The average Bonchev–Trinajstić information content (AvgIpc) is 2.41. The molecular formula is C14H12F2N2O2. The van der Waals surface area contributed by atoms with Crippen molar-refractivity contribution in [1.29, 1.82) is 0 Å². The molecule has 1 heterocycles. The molecule has 0 aliphatic heterocycles.